The van der Waals surface area contributed by atoms with Gasteiger partial charge in [0.2, 0.25) is 0 Å². The molecule has 3 N–H and O–H groups in total. The SMILES string of the molecule is O=C(O)c1[nH]c(=O)c2cc(Oc3ccc(F)c(Cl)c3)ccc2c1O. The highest BCUT2D eigenvalue weighted by Gasteiger charge is 2.16. The Morgan fingerprint density at radius 3 is 2.46 bits per heavy atom. The molecule has 24 heavy (non-hydrogen) atoms. The smallest absolute Gasteiger partial charge is 0.356 e. The molecule has 0 fully saturated rings. The van der Waals surface area contributed by atoms with Gasteiger partial charge in [0.15, 0.2) is 11.4 Å². The molecule has 0 saturated carbocycles. The molecule has 0 unspecified atom stereocenters. The summed E-state index contributed by atoms with van der Waals surface area (Å²) in [7, 11) is 0. The lowest BCUT2D eigenvalue weighted by atomic mass is 10.1. The molecule has 0 aliphatic rings. The second-order valence-electron chi connectivity index (χ2n) is 4.87. The van der Waals surface area contributed by atoms with Crippen molar-refractivity contribution in [3.05, 3.63) is 63.3 Å². The number of hydrogen-bond donors (Lipinski definition) is 3. The number of hydrogen-bond acceptors (Lipinski definition) is 4. The van der Waals surface area contributed by atoms with Crippen LogP contribution in [0.2, 0.25) is 5.02 Å². The van der Waals surface area contributed by atoms with E-state index < -0.39 is 28.8 Å². The monoisotopic (exact) mass is 349 g/mol. The molecule has 3 rings (SSSR count). The molecule has 0 aliphatic carbocycles. The van der Waals surface area contributed by atoms with Gasteiger partial charge >= 0.3 is 5.97 Å². The molecular formula is C16H9ClFNO5. The minimum atomic E-state index is -1.45. The number of ether oxygens (including phenoxy) is 1. The average Bonchev–Trinajstić information content (AvgIpc) is 2.54. The van der Waals surface area contributed by atoms with Crippen molar-refractivity contribution in [2.75, 3.05) is 0 Å². The number of fused-ring (bicyclic) bond motifs is 1. The first-order valence-electron chi connectivity index (χ1n) is 6.62. The minimum absolute atomic E-state index is 0.0446. The van der Waals surface area contributed by atoms with E-state index in [1.165, 1.54) is 30.3 Å². The molecule has 3 aromatic rings. The van der Waals surface area contributed by atoms with Gasteiger partial charge in [0.1, 0.15) is 17.3 Å². The summed E-state index contributed by atoms with van der Waals surface area (Å²) in [4.78, 5) is 25.1. The van der Waals surface area contributed by atoms with Crippen molar-refractivity contribution in [1.82, 2.24) is 4.98 Å². The lowest BCUT2D eigenvalue weighted by Gasteiger charge is -2.09. The fourth-order valence-corrected chi connectivity index (χ4v) is 2.36. The molecule has 0 spiro atoms. The van der Waals surface area contributed by atoms with E-state index in [4.69, 9.17) is 21.4 Å². The molecule has 0 amide bonds. The molecule has 0 radical (unpaired) electrons. The van der Waals surface area contributed by atoms with Gasteiger partial charge in [-0.1, -0.05) is 11.6 Å². The van der Waals surface area contributed by atoms with Crippen LogP contribution < -0.4 is 10.3 Å². The largest absolute Gasteiger partial charge is 0.505 e. The second-order valence-corrected chi connectivity index (χ2v) is 5.28. The number of rotatable bonds is 3. The third-order valence-electron chi connectivity index (χ3n) is 3.31. The van der Waals surface area contributed by atoms with Crippen LogP contribution in [0.4, 0.5) is 4.39 Å². The predicted molar refractivity (Wildman–Crippen MR) is 84.7 cm³/mol. The molecule has 0 aliphatic heterocycles. The first-order chi connectivity index (χ1) is 11.4. The summed E-state index contributed by atoms with van der Waals surface area (Å²) in [6.45, 7) is 0. The van der Waals surface area contributed by atoms with Gasteiger partial charge in [-0.05, 0) is 30.3 Å². The van der Waals surface area contributed by atoms with E-state index in [1.807, 2.05) is 0 Å². The Morgan fingerprint density at radius 2 is 1.79 bits per heavy atom. The van der Waals surface area contributed by atoms with Gasteiger partial charge in [0.25, 0.3) is 5.56 Å². The number of H-pyrrole nitrogens is 1. The molecular weight excluding hydrogens is 341 g/mol. The van der Waals surface area contributed by atoms with E-state index in [1.54, 1.807) is 0 Å². The van der Waals surface area contributed by atoms with Crippen LogP contribution >= 0.6 is 11.6 Å². The first-order valence-corrected chi connectivity index (χ1v) is 7.00. The number of aromatic amines is 1. The minimum Gasteiger partial charge on any atom is -0.505 e. The molecule has 8 heteroatoms. The Kier molecular flexibility index (Phi) is 3.86. The zero-order valence-corrected chi connectivity index (χ0v) is 12.6. The normalized spacial score (nSPS) is 10.8. The van der Waals surface area contributed by atoms with Gasteiger partial charge in [0, 0.05) is 11.5 Å². The topological polar surface area (TPSA) is 99.6 Å². The van der Waals surface area contributed by atoms with Crippen LogP contribution in [0.25, 0.3) is 10.8 Å². The fourth-order valence-electron chi connectivity index (χ4n) is 2.19. The van der Waals surface area contributed by atoms with Crippen molar-refractivity contribution in [3.8, 4) is 17.2 Å². The molecule has 6 nitrogen and oxygen atoms in total. The summed E-state index contributed by atoms with van der Waals surface area (Å²) < 4.78 is 18.6. The molecule has 0 bridgehead atoms. The summed E-state index contributed by atoms with van der Waals surface area (Å²) in [5, 5.41) is 18.9. The standard InChI is InChI=1S/C16H9ClFNO5/c17-11-6-8(2-4-12(11)18)24-7-1-3-9-10(5-7)15(21)19-13(14(9)20)16(22)23/h1-6,20H,(H,19,21)(H,22,23). The third kappa shape index (κ3) is 2.77. The van der Waals surface area contributed by atoms with Crippen molar-refractivity contribution >= 4 is 28.3 Å². The Bertz CT molecular complexity index is 1030. The Balaban J connectivity index is 2.07. The number of aromatic hydroxyl groups is 1. The maximum absolute atomic E-state index is 13.1. The van der Waals surface area contributed by atoms with Crippen LogP contribution in [-0.4, -0.2) is 21.2 Å². The maximum atomic E-state index is 13.1. The van der Waals surface area contributed by atoms with Crippen molar-refractivity contribution in [1.29, 1.82) is 0 Å². The molecule has 0 saturated heterocycles. The number of halogens is 2. The van der Waals surface area contributed by atoms with E-state index >= 15 is 0 Å². The second kappa shape index (κ2) is 5.86. The molecule has 0 atom stereocenters. The number of carboxylic acids is 1. The number of aromatic nitrogens is 1. The number of carbonyl (C=O) groups is 1. The first kappa shape index (κ1) is 15.8. The van der Waals surface area contributed by atoms with Crippen LogP contribution in [0.1, 0.15) is 10.5 Å². The lowest BCUT2D eigenvalue weighted by molar-refractivity contribution is 0.0687. The number of carboxylic acid groups (broad SMARTS) is 1. The fraction of sp³-hybridized carbons (Fsp3) is 0. The van der Waals surface area contributed by atoms with E-state index in [0.717, 1.165) is 6.07 Å². The highest BCUT2D eigenvalue weighted by molar-refractivity contribution is 6.30. The van der Waals surface area contributed by atoms with Crippen LogP contribution in [0.5, 0.6) is 17.2 Å². The van der Waals surface area contributed by atoms with E-state index in [0.29, 0.717) is 0 Å². The molecule has 2 aromatic carbocycles. The van der Waals surface area contributed by atoms with Gasteiger partial charge in [-0.2, -0.15) is 0 Å². The summed E-state index contributed by atoms with van der Waals surface area (Å²) in [5.74, 6) is -2.10. The van der Waals surface area contributed by atoms with Crippen LogP contribution in [-0.2, 0) is 0 Å². The third-order valence-corrected chi connectivity index (χ3v) is 3.60. The maximum Gasteiger partial charge on any atom is 0.356 e. The summed E-state index contributed by atoms with van der Waals surface area (Å²) in [6, 6.07) is 7.89. The van der Waals surface area contributed by atoms with Crippen LogP contribution in [0.3, 0.4) is 0 Å². The number of pyridine rings is 1. The van der Waals surface area contributed by atoms with E-state index in [2.05, 4.69) is 4.98 Å². The number of benzene rings is 2. The quantitative estimate of drug-likeness (QED) is 0.672. The highest BCUT2D eigenvalue weighted by atomic mass is 35.5. The summed E-state index contributed by atoms with van der Waals surface area (Å²) in [5.41, 5.74) is -1.28. The molecule has 122 valence electrons. The van der Waals surface area contributed by atoms with Crippen LogP contribution in [0.15, 0.2) is 41.2 Å². The van der Waals surface area contributed by atoms with Crippen molar-refractivity contribution < 1.29 is 24.1 Å². The van der Waals surface area contributed by atoms with Gasteiger partial charge in [0.05, 0.1) is 10.4 Å². The highest BCUT2D eigenvalue weighted by Crippen LogP contribution is 2.31. The van der Waals surface area contributed by atoms with Gasteiger partial charge in [-0.3, -0.25) is 4.79 Å². The molecule has 1 aromatic heterocycles. The van der Waals surface area contributed by atoms with Crippen molar-refractivity contribution in [3.63, 3.8) is 0 Å². The van der Waals surface area contributed by atoms with Crippen molar-refractivity contribution in [2.24, 2.45) is 0 Å². The zero-order chi connectivity index (χ0) is 17.4. The predicted octanol–water partition coefficient (Wildman–Crippen LogP) is 3.52. The summed E-state index contributed by atoms with van der Waals surface area (Å²) >= 11 is 5.67. The Hall–Kier alpha value is -3.06. The van der Waals surface area contributed by atoms with Crippen molar-refractivity contribution in [2.45, 2.75) is 0 Å². The zero-order valence-electron chi connectivity index (χ0n) is 11.8. The van der Waals surface area contributed by atoms with E-state index in [-0.39, 0.29) is 27.3 Å². The number of nitrogens with one attached hydrogen (secondary N) is 1. The Morgan fingerprint density at radius 1 is 1.12 bits per heavy atom. The van der Waals surface area contributed by atoms with Crippen LogP contribution in [0, 0.1) is 5.82 Å². The Labute approximate surface area is 138 Å². The van der Waals surface area contributed by atoms with Gasteiger partial charge in [-0.25, -0.2) is 9.18 Å². The van der Waals surface area contributed by atoms with Gasteiger partial charge < -0.3 is 19.9 Å². The average molecular weight is 350 g/mol. The lowest BCUT2D eigenvalue weighted by Crippen LogP contribution is -2.13. The summed E-state index contributed by atoms with van der Waals surface area (Å²) in [6.07, 6.45) is 0. The van der Waals surface area contributed by atoms with Gasteiger partial charge in [-0.15, -0.1) is 0 Å². The molecule has 1 heterocycles. The number of aromatic carboxylic acids is 1. The van der Waals surface area contributed by atoms with E-state index in [9.17, 15) is 19.1 Å².